The van der Waals surface area contributed by atoms with Crippen LogP contribution in [0.1, 0.15) is 16.3 Å². The first-order chi connectivity index (χ1) is 13.7. The fourth-order valence-corrected chi connectivity index (χ4v) is 3.06. The second-order valence-electron chi connectivity index (χ2n) is 5.58. The maximum atomic E-state index is 12.6. The molecule has 1 heterocycles. The summed E-state index contributed by atoms with van der Waals surface area (Å²) >= 11 is 0.926. The Bertz CT molecular complexity index is 833. The third-order valence-corrected chi connectivity index (χ3v) is 4.54. The lowest BCUT2D eigenvalue weighted by Gasteiger charge is -2.15. The fourth-order valence-electron chi connectivity index (χ4n) is 2.26. The van der Waals surface area contributed by atoms with Crippen LogP contribution in [0, 0.1) is 0 Å². The zero-order valence-corrected chi connectivity index (χ0v) is 19.1. The topological polar surface area (TPSA) is 67.8 Å². The number of aromatic nitrogens is 1. The first-order valence-corrected chi connectivity index (χ1v) is 9.18. The van der Waals surface area contributed by atoms with E-state index in [-0.39, 0.29) is 49.2 Å². The van der Waals surface area contributed by atoms with Crippen LogP contribution in [0.2, 0.25) is 0 Å². The Hall–Kier alpha value is -1.90. The number of thiazole rings is 1. The number of alkyl halides is 5. The summed E-state index contributed by atoms with van der Waals surface area (Å²) in [6.45, 7) is -2.58. The Morgan fingerprint density at radius 1 is 1.27 bits per heavy atom. The van der Waals surface area contributed by atoms with Crippen LogP contribution in [0.5, 0.6) is 11.5 Å². The smallest absolute Gasteiger partial charge is 0.434 e. The predicted octanol–water partition coefficient (Wildman–Crippen LogP) is 4.30. The molecule has 0 spiro atoms. The van der Waals surface area contributed by atoms with Gasteiger partial charge in [-0.05, 0) is 12.1 Å². The lowest BCUT2D eigenvalue weighted by Crippen LogP contribution is -2.38. The van der Waals surface area contributed by atoms with E-state index >= 15 is 0 Å². The molecule has 2 rings (SSSR count). The Morgan fingerprint density at radius 3 is 2.57 bits per heavy atom. The maximum absolute atomic E-state index is 12.6. The van der Waals surface area contributed by atoms with Crippen molar-refractivity contribution in [2.24, 2.45) is 4.99 Å². The molecule has 0 fully saturated rings. The Morgan fingerprint density at radius 2 is 2.00 bits per heavy atom. The number of halogens is 6. The lowest BCUT2D eigenvalue weighted by molar-refractivity contribution is -0.140. The molecule has 2 N–H and O–H groups in total. The van der Waals surface area contributed by atoms with Crippen molar-refractivity contribution in [2.75, 3.05) is 20.7 Å². The molecule has 2 aromatic rings. The summed E-state index contributed by atoms with van der Waals surface area (Å²) in [7, 11) is 2.91. The molecule has 0 unspecified atom stereocenters. The summed E-state index contributed by atoms with van der Waals surface area (Å²) in [5, 5.41) is 7.16. The molecule has 1 aromatic heterocycles. The monoisotopic (exact) mass is 566 g/mol. The average Bonchev–Trinajstić information content (AvgIpc) is 3.14. The highest BCUT2D eigenvalue weighted by Crippen LogP contribution is 2.30. The van der Waals surface area contributed by atoms with Crippen LogP contribution in [0.25, 0.3) is 0 Å². The number of hydrogen-bond donors (Lipinski definition) is 2. The van der Waals surface area contributed by atoms with Gasteiger partial charge in [0.1, 0.15) is 11.5 Å². The van der Waals surface area contributed by atoms with Gasteiger partial charge in [-0.15, -0.1) is 35.3 Å². The van der Waals surface area contributed by atoms with Gasteiger partial charge in [0.15, 0.2) is 11.7 Å². The van der Waals surface area contributed by atoms with Gasteiger partial charge in [-0.1, -0.05) is 0 Å². The van der Waals surface area contributed by atoms with Gasteiger partial charge in [0.25, 0.3) is 0 Å². The quantitative estimate of drug-likeness (QED) is 0.216. The summed E-state index contributed by atoms with van der Waals surface area (Å²) < 4.78 is 72.4. The number of rotatable bonds is 8. The van der Waals surface area contributed by atoms with E-state index < -0.39 is 18.5 Å². The van der Waals surface area contributed by atoms with Crippen molar-refractivity contribution < 1.29 is 31.4 Å². The first-order valence-electron chi connectivity index (χ1n) is 8.30. The minimum absolute atomic E-state index is 0. The number of hydrogen-bond acceptors (Lipinski definition) is 5. The van der Waals surface area contributed by atoms with Crippen molar-refractivity contribution in [1.82, 2.24) is 15.6 Å². The molecule has 0 saturated carbocycles. The van der Waals surface area contributed by atoms with Gasteiger partial charge in [-0.3, -0.25) is 4.99 Å². The molecule has 0 aliphatic rings. The molecule has 168 valence electrons. The second kappa shape index (κ2) is 12.1. The predicted molar refractivity (Wildman–Crippen MR) is 114 cm³/mol. The zero-order valence-electron chi connectivity index (χ0n) is 15.9. The molecule has 0 atom stereocenters. The summed E-state index contributed by atoms with van der Waals surface area (Å²) in [5.41, 5.74) is -0.463. The van der Waals surface area contributed by atoms with Gasteiger partial charge in [0, 0.05) is 43.6 Å². The maximum Gasteiger partial charge on any atom is 0.434 e. The van der Waals surface area contributed by atoms with Gasteiger partial charge in [0.2, 0.25) is 0 Å². The van der Waals surface area contributed by atoms with Crippen LogP contribution in [0.3, 0.4) is 0 Å². The second-order valence-corrected chi connectivity index (χ2v) is 6.52. The van der Waals surface area contributed by atoms with E-state index in [1.807, 2.05) is 0 Å². The van der Waals surface area contributed by atoms with Crippen LogP contribution in [-0.2, 0) is 19.1 Å². The first kappa shape index (κ1) is 26.1. The molecule has 0 aliphatic carbocycles. The third-order valence-electron chi connectivity index (χ3n) is 3.63. The number of nitrogens with zero attached hydrogens (tertiary/aromatic N) is 2. The Kier molecular flexibility index (Phi) is 10.5. The lowest BCUT2D eigenvalue weighted by atomic mass is 10.2. The van der Waals surface area contributed by atoms with E-state index in [1.165, 1.54) is 20.2 Å². The van der Waals surface area contributed by atoms with Crippen LogP contribution in [-0.4, -0.2) is 38.3 Å². The Labute approximate surface area is 190 Å². The largest absolute Gasteiger partial charge is 0.497 e. The van der Waals surface area contributed by atoms with E-state index in [1.54, 1.807) is 12.1 Å². The van der Waals surface area contributed by atoms with E-state index in [2.05, 4.69) is 25.3 Å². The third kappa shape index (κ3) is 8.08. The van der Waals surface area contributed by atoms with Gasteiger partial charge in [0.05, 0.1) is 12.1 Å². The highest BCUT2D eigenvalue weighted by atomic mass is 127. The molecule has 0 saturated heterocycles. The van der Waals surface area contributed by atoms with Crippen molar-refractivity contribution >= 4 is 41.3 Å². The fraction of sp³-hybridized carbons (Fsp3) is 0.412. The van der Waals surface area contributed by atoms with E-state index in [4.69, 9.17) is 4.74 Å². The molecular weight excluding hydrogens is 546 g/mol. The molecule has 13 heteroatoms. The van der Waals surface area contributed by atoms with E-state index in [9.17, 15) is 22.0 Å². The van der Waals surface area contributed by atoms with Gasteiger partial charge in [-0.25, -0.2) is 4.98 Å². The average molecular weight is 566 g/mol. The highest BCUT2D eigenvalue weighted by molar-refractivity contribution is 14.0. The minimum Gasteiger partial charge on any atom is -0.497 e. The van der Waals surface area contributed by atoms with Crippen LogP contribution in [0.4, 0.5) is 22.0 Å². The molecule has 0 amide bonds. The standard InChI is InChI=1S/C17H19F5N4O2S.HI/c1-23-16(24-6-5-14-26-13(9-29-14)17(20,21)22)25-8-10-3-4-11(27-2)7-12(10)28-15(18)19;/h3-4,7,9,15H,5-6,8H2,1-2H3,(H2,23,24,25);1H. The van der Waals surface area contributed by atoms with Gasteiger partial charge in [-0.2, -0.15) is 22.0 Å². The molecule has 0 radical (unpaired) electrons. The van der Waals surface area contributed by atoms with E-state index in [0.29, 0.717) is 22.3 Å². The van der Waals surface area contributed by atoms with Gasteiger partial charge >= 0.3 is 12.8 Å². The van der Waals surface area contributed by atoms with Crippen molar-refractivity contribution in [1.29, 1.82) is 0 Å². The van der Waals surface area contributed by atoms with Crippen molar-refractivity contribution in [3.05, 3.63) is 39.8 Å². The van der Waals surface area contributed by atoms with Crippen LogP contribution < -0.4 is 20.1 Å². The molecule has 0 aliphatic heterocycles. The molecule has 6 nitrogen and oxygen atoms in total. The number of ether oxygens (including phenoxy) is 2. The number of aliphatic imine (C=N–C) groups is 1. The minimum atomic E-state index is -4.46. The summed E-state index contributed by atoms with van der Waals surface area (Å²) in [5.74, 6) is 0.676. The number of guanidine groups is 1. The van der Waals surface area contributed by atoms with Gasteiger partial charge < -0.3 is 20.1 Å². The van der Waals surface area contributed by atoms with Crippen molar-refractivity contribution in [2.45, 2.75) is 25.8 Å². The van der Waals surface area contributed by atoms with Crippen molar-refractivity contribution in [3.8, 4) is 11.5 Å². The van der Waals surface area contributed by atoms with Crippen LogP contribution in [0.15, 0.2) is 28.6 Å². The summed E-state index contributed by atoms with van der Waals surface area (Å²) in [6.07, 6.45) is -4.19. The normalized spacial score (nSPS) is 11.8. The van der Waals surface area contributed by atoms with Crippen LogP contribution >= 0.6 is 35.3 Å². The summed E-state index contributed by atoms with van der Waals surface area (Å²) in [6, 6.07) is 4.53. The molecule has 1 aromatic carbocycles. The molecule has 30 heavy (non-hydrogen) atoms. The molecular formula is C17H20F5IN4O2S. The molecule has 0 bridgehead atoms. The number of methoxy groups -OCH3 is 1. The zero-order chi connectivity index (χ0) is 21.4. The van der Waals surface area contributed by atoms with Crippen molar-refractivity contribution in [3.63, 3.8) is 0 Å². The van der Waals surface area contributed by atoms with E-state index in [0.717, 1.165) is 16.7 Å². The number of nitrogens with one attached hydrogen (secondary N) is 2. The Balaban J connectivity index is 0.00000450. The summed E-state index contributed by atoms with van der Waals surface area (Å²) in [4.78, 5) is 7.53. The highest BCUT2D eigenvalue weighted by Gasteiger charge is 2.33. The number of benzene rings is 1. The SMILES string of the molecule is CN=C(NCCc1nc(C(F)(F)F)cs1)NCc1ccc(OC)cc1OC(F)F.I.